The molecule has 140 valence electrons. The molecule has 0 spiro atoms. The number of fused-ring (bicyclic) bond motifs is 1. The lowest BCUT2D eigenvalue weighted by atomic mass is 10.2. The van der Waals surface area contributed by atoms with Crippen molar-refractivity contribution in [2.75, 3.05) is 0 Å². The molecule has 4 heterocycles. The van der Waals surface area contributed by atoms with Crippen LogP contribution in [0.4, 0.5) is 0 Å². The highest BCUT2D eigenvalue weighted by Gasteiger charge is 2.16. The third kappa shape index (κ3) is 3.34. The SMILES string of the molecule is Cn1c(Sc2nc(-c3cccnc3)nc3ccccc23)nnc1-c1ccncc1. The highest BCUT2D eigenvalue weighted by molar-refractivity contribution is 7.99. The molecule has 0 N–H and O–H groups in total. The van der Waals surface area contributed by atoms with Crippen molar-refractivity contribution in [1.29, 1.82) is 0 Å². The monoisotopic (exact) mass is 397 g/mol. The molecule has 0 atom stereocenters. The molecule has 4 aromatic heterocycles. The molecule has 29 heavy (non-hydrogen) atoms. The summed E-state index contributed by atoms with van der Waals surface area (Å²) in [4.78, 5) is 17.8. The molecule has 7 nitrogen and oxygen atoms in total. The van der Waals surface area contributed by atoms with Crippen LogP contribution < -0.4 is 0 Å². The zero-order valence-electron chi connectivity index (χ0n) is 15.5. The van der Waals surface area contributed by atoms with E-state index in [1.807, 2.05) is 60.1 Å². The second kappa shape index (κ2) is 7.40. The summed E-state index contributed by atoms with van der Waals surface area (Å²) < 4.78 is 1.96. The fraction of sp³-hybridized carbons (Fsp3) is 0.0476. The van der Waals surface area contributed by atoms with Gasteiger partial charge < -0.3 is 4.57 Å². The summed E-state index contributed by atoms with van der Waals surface area (Å²) >= 11 is 1.47. The Balaban J connectivity index is 1.60. The van der Waals surface area contributed by atoms with Crippen LogP contribution in [-0.2, 0) is 7.05 Å². The molecule has 1 aromatic carbocycles. The quantitative estimate of drug-likeness (QED) is 0.423. The summed E-state index contributed by atoms with van der Waals surface area (Å²) in [6.07, 6.45) is 6.99. The predicted molar refractivity (Wildman–Crippen MR) is 111 cm³/mol. The third-order valence-corrected chi connectivity index (χ3v) is 5.49. The Morgan fingerprint density at radius 2 is 1.66 bits per heavy atom. The average Bonchev–Trinajstić information content (AvgIpc) is 3.15. The normalized spacial score (nSPS) is 11.1. The summed E-state index contributed by atoms with van der Waals surface area (Å²) in [5.41, 5.74) is 2.71. The summed E-state index contributed by atoms with van der Waals surface area (Å²) in [5, 5.41) is 11.3. The van der Waals surface area contributed by atoms with Crippen LogP contribution in [0.25, 0.3) is 33.7 Å². The maximum atomic E-state index is 4.81. The van der Waals surface area contributed by atoms with Crippen molar-refractivity contribution < 1.29 is 0 Å². The van der Waals surface area contributed by atoms with Gasteiger partial charge in [0.05, 0.1) is 5.52 Å². The van der Waals surface area contributed by atoms with Gasteiger partial charge in [0.1, 0.15) is 5.03 Å². The molecular weight excluding hydrogens is 382 g/mol. The lowest BCUT2D eigenvalue weighted by Gasteiger charge is -2.08. The second-order valence-corrected chi connectivity index (χ2v) is 7.27. The van der Waals surface area contributed by atoms with Gasteiger partial charge in [-0.3, -0.25) is 9.97 Å². The van der Waals surface area contributed by atoms with E-state index in [1.54, 1.807) is 24.8 Å². The zero-order chi connectivity index (χ0) is 19.6. The van der Waals surface area contributed by atoms with Crippen LogP contribution in [0.2, 0.25) is 0 Å². The van der Waals surface area contributed by atoms with E-state index in [2.05, 4.69) is 20.2 Å². The maximum Gasteiger partial charge on any atom is 0.197 e. The number of hydrogen-bond donors (Lipinski definition) is 0. The van der Waals surface area contributed by atoms with E-state index in [1.165, 1.54) is 11.8 Å². The minimum absolute atomic E-state index is 0.635. The van der Waals surface area contributed by atoms with Crippen LogP contribution in [0.15, 0.2) is 83.5 Å². The molecule has 0 unspecified atom stereocenters. The summed E-state index contributed by atoms with van der Waals surface area (Å²) in [5.74, 6) is 1.41. The Morgan fingerprint density at radius 3 is 2.48 bits per heavy atom. The Morgan fingerprint density at radius 1 is 0.793 bits per heavy atom. The number of nitrogens with zero attached hydrogens (tertiary/aromatic N) is 7. The van der Waals surface area contributed by atoms with E-state index >= 15 is 0 Å². The van der Waals surface area contributed by atoms with Crippen LogP contribution in [0, 0.1) is 0 Å². The largest absolute Gasteiger partial charge is 0.305 e. The summed E-state index contributed by atoms with van der Waals surface area (Å²) in [6, 6.07) is 15.6. The molecule has 0 amide bonds. The van der Waals surface area contributed by atoms with Crippen LogP contribution >= 0.6 is 11.8 Å². The van der Waals surface area contributed by atoms with Gasteiger partial charge in [-0.1, -0.05) is 18.2 Å². The van der Waals surface area contributed by atoms with Crippen LogP contribution in [-0.4, -0.2) is 34.7 Å². The zero-order valence-corrected chi connectivity index (χ0v) is 16.3. The lowest BCUT2D eigenvalue weighted by Crippen LogP contribution is -1.97. The van der Waals surface area contributed by atoms with Gasteiger partial charge in [-0.15, -0.1) is 10.2 Å². The number of hydrogen-bond acceptors (Lipinski definition) is 7. The van der Waals surface area contributed by atoms with Crippen molar-refractivity contribution in [1.82, 2.24) is 34.7 Å². The second-order valence-electron chi connectivity index (χ2n) is 6.31. The van der Waals surface area contributed by atoms with Gasteiger partial charge >= 0.3 is 0 Å². The number of rotatable bonds is 4. The Hall–Kier alpha value is -3.65. The average molecular weight is 397 g/mol. The minimum Gasteiger partial charge on any atom is -0.305 e. The molecule has 0 aliphatic carbocycles. The molecule has 8 heteroatoms. The Bertz CT molecular complexity index is 1290. The lowest BCUT2D eigenvalue weighted by molar-refractivity contribution is 0.792. The van der Waals surface area contributed by atoms with Crippen molar-refractivity contribution in [3.8, 4) is 22.8 Å². The molecule has 0 saturated heterocycles. The number of pyridine rings is 2. The highest BCUT2D eigenvalue weighted by Crippen LogP contribution is 2.33. The first kappa shape index (κ1) is 17.4. The molecule has 0 saturated carbocycles. The molecule has 0 radical (unpaired) electrons. The molecule has 0 bridgehead atoms. The van der Waals surface area contributed by atoms with Crippen molar-refractivity contribution in [2.45, 2.75) is 10.2 Å². The predicted octanol–water partition coefficient (Wildman–Crippen LogP) is 4.03. The number of para-hydroxylation sites is 1. The molecule has 0 fully saturated rings. The molecule has 0 aliphatic rings. The van der Waals surface area contributed by atoms with E-state index in [4.69, 9.17) is 9.97 Å². The van der Waals surface area contributed by atoms with Gasteiger partial charge in [0.2, 0.25) is 0 Å². The van der Waals surface area contributed by atoms with E-state index in [0.717, 1.165) is 38.0 Å². The first-order valence-corrected chi connectivity index (χ1v) is 9.76. The van der Waals surface area contributed by atoms with Gasteiger partial charge in [0, 0.05) is 48.3 Å². The molecular formula is C21H15N7S. The van der Waals surface area contributed by atoms with Gasteiger partial charge in [0.25, 0.3) is 0 Å². The topological polar surface area (TPSA) is 82.3 Å². The summed E-state index contributed by atoms with van der Waals surface area (Å²) in [6.45, 7) is 0. The maximum absolute atomic E-state index is 4.81. The van der Waals surface area contributed by atoms with Crippen LogP contribution in [0.1, 0.15) is 0 Å². The van der Waals surface area contributed by atoms with E-state index in [0.29, 0.717) is 5.82 Å². The third-order valence-electron chi connectivity index (χ3n) is 4.45. The van der Waals surface area contributed by atoms with Crippen molar-refractivity contribution in [3.63, 3.8) is 0 Å². The fourth-order valence-electron chi connectivity index (χ4n) is 2.99. The van der Waals surface area contributed by atoms with Crippen LogP contribution in [0.5, 0.6) is 0 Å². The van der Waals surface area contributed by atoms with Crippen LogP contribution in [0.3, 0.4) is 0 Å². The highest BCUT2D eigenvalue weighted by atomic mass is 32.2. The van der Waals surface area contributed by atoms with Gasteiger partial charge in [-0.2, -0.15) is 0 Å². The van der Waals surface area contributed by atoms with Gasteiger partial charge in [-0.05, 0) is 42.1 Å². The number of aromatic nitrogens is 7. The molecule has 0 aliphatic heterocycles. The van der Waals surface area contributed by atoms with Crippen molar-refractivity contribution in [2.24, 2.45) is 7.05 Å². The fourth-order valence-corrected chi connectivity index (χ4v) is 3.88. The summed E-state index contributed by atoms with van der Waals surface area (Å²) in [7, 11) is 1.95. The van der Waals surface area contributed by atoms with Crippen molar-refractivity contribution >= 4 is 22.7 Å². The Kier molecular flexibility index (Phi) is 4.45. The number of benzene rings is 1. The van der Waals surface area contributed by atoms with E-state index in [-0.39, 0.29) is 0 Å². The van der Waals surface area contributed by atoms with Gasteiger partial charge in [0.15, 0.2) is 16.8 Å². The first-order chi connectivity index (χ1) is 14.3. The standard InChI is InChI=1S/C21H15N7S/c1-28-19(14-8-11-22-12-9-14)26-27-21(28)29-20-16-6-2-3-7-17(16)24-18(25-20)15-5-4-10-23-13-15/h2-13H,1H3. The molecule has 5 rings (SSSR count). The van der Waals surface area contributed by atoms with Crippen molar-refractivity contribution in [3.05, 3.63) is 73.3 Å². The Labute approximate surface area is 170 Å². The minimum atomic E-state index is 0.635. The van der Waals surface area contributed by atoms with E-state index < -0.39 is 0 Å². The smallest absolute Gasteiger partial charge is 0.197 e. The molecule has 5 aromatic rings. The van der Waals surface area contributed by atoms with E-state index in [9.17, 15) is 0 Å². The first-order valence-electron chi connectivity index (χ1n) is 8.94. The van der Waals surface area contributed by atoms with Gasteiger partial charge in [-0.25, -0.2) is 9.97 Å².